The third-order valence-electron chi connectivity index (χ3n) is 2.57. The Morgan fingerprint density at radius 3 is 2.62 bits per heavy atom. The number of rotatable bonds is 2. The molecule has 1 unspecified atom stereocenters. The van der Waals surface area contributed by atoms with Crippen LogP contribution in [0.2, 0.25) is 0 Å². The lowest BCUT2D eigenvalue weighted by Crippen LogP contribution is -2.04. The molecule has 0 bridgehead atoms. The van der Waals surface area contributed by atoms with Crippen molar-refractivity contribution in [2.24, 2.45) is 0 Å². The van der Waals surface area contributed by atoms with E-state index in [1.54, 1.807) is 0 Å². The summed E-state index contributed by atoms with van der Waals surface area (Å²) in [6.45, 7) is 3.67. The van der Waals surface area contributed by atoms with Crippen molar-refractivity contribution in [2.45, 2.75) is 20.0 Å². The summed E-state index contributed by atoms with van der Waals surface area (Å²) in [5.41, 5.74) is 2.04. The van der Waals surface area contributed by atoms with Crippen LogP contribution in [0.25, 0.3) is 0 Å². The maximum atomic E-state index is 13.8. The smallest absolute Gasteiger partial charge is 0.129 e. The molecular formula is C13H13FOS. The second kappa shape index (κ2) is 4.36. The summed E-state index contributed by atoms with van der Waals surface area (Å²) in [6, 6.07) is 7.01. The Hall–Kier alpha value is -1.19. The van der Waals surface area contributed by atoms with Crippen molar-refractivity contribution in [3.63, 3.8) is 0 Å². The molecule has 0 fully saturated rings. The molecule has 0 saturated heterocycles. The predicted octanol–water partition coefficient (Wildman–Crippen LogP) is 3.59. The molecule has 1 heterocycles. The van der Waals surface area contributed by atoms with Crippen LogP contribution in [-0.2, 0) is 0 Å². The lowest BCUT2D eigenvalue weighted by Gasteiger charge is -2.14. The molecule has 0 aliphatic carbocycles. The van der Waals surface area contributed by atoms with Gasteiger partial charge in [0.05, 0.1) is 0 Å². The van der Waals surface area contributed by atoms with Crippen molar-refractivity contribution in [3.05, 3.63) is 57.0 Å². The van der Waals surface area contributed by atoms with Gasteiger partial charge in [0.1, 0.15) is 11.9 Å². The van der Waals surface area contributed by atoms with Gasteiger partial charge < -0.3 is 5.11 Å². The highest BCUT2D eigenvalue weighted by molar-refractivity contribution is 7.10. The molecule has 0 aliphatic rings. The van der Waals surface area contributed by atoms with E-state index in [2.05, 4.69) is 0 Å². The van der Waals surface area contributed by atoms with E-state index in [9.17, 15) is 9.50 Å². The first-order valence-corrected chi connectivity index (χ1v) is 5.95. The molecule has 3 heteroatoms. The lowest BCUT2D eigenvalue weighted by atomic mass is 9.99. The zero-order valence-electron chi connectivity index (χ0n) is 9.20. The number of aliphatic hydroxyl groups excluding tert-OH is 1. The topological polar surface area (TPSA) is 20.2 Å². The highest BCUT2D eigenvalue weighted by Crippen LogP contribution is 2.30. The minimum absolute atomic E-state index is 0.335. The van der Waals surface area contributed by atoms with Gasteiger partial charge in [0.2, 0.25) is 0 Å². The molecule has 0 saturated carbocycles. The van der Waals surface area contributed by atoms with E-state index in [0.717, 1.165) is 16.0 Å². The minimum Gasteiger partial charge on any atom is -0.383 e. The fraction of sp³-hybridized carbons (Fsp3) is 0.231. The second-order valence-corrected chi connectivity index (χ2v) is 4.87. The van der Waals surface area contributed by atoms with Gasteiger partial charge in [-0.3, -0.25) is 0 Å². The number of thiophene rings is 1. The molecule has 16 heavy (non-hydrogen) atoms. The van der Waals surface area contributed by atoms with Gasteiger partial charge in [0.15, 0.2) is 0 Å². The second-order valence-electron chi connectivity index (χ2n) is 3.90. The summed E-state index contributed by atoms with van der Waals surface area (Å²) in [7, 11) is 0. The summed E-state index contributed by atoms with van der Waals surface area (Å²) >= 11 is 1.43. The van der Waals surface area contributed by atoms with Gasteiger partial charge in [0.25, 0.3) is 0 Å². The highest BCUT2D eigenvalue weighted by atomic mass is 32.1. The third-order valence-corrected chi connectivity index (χ3v) is 3.49. The van der Waals surface area contributed by atoms with Crippen LogP contribution in [0.15, 0.2) is 29.6 Å². The molecule has 1 aromatic heterocycles. The van der Waals surface area contributed by atoms with Gasteiger partial charge >= 0.3 is 0 Å². The van der Waals surface area contributed by atoms with Gasteiger partial charge in [-0.15, -0.1) is 11.3 Å². The van der Waals surface area contributed by atoms with Crippen molar-refractivity contribution < 1.29 is 9.50 Å². The van der Waals surface area contributed by atoms with Crippen LogP contribution >= 0.6 is 11.3 Å². The number of halogens is 1. The van der Waals surface area contributed by atoms with Crippen LogP contribution in [0.5, 0.6) is 0 Å². The van der Waals surface area contributed by atoms with Gasteiger partial charge in [0, 0.05) is 10.4 Å². The van der Waals surface area contributed by atoms with Crippen molar-refractivity contribution in [3.8, 4) is 0 Å². The molecule has 2 aromatic rings. The zero-order valence-corrected chi connectivity index (χ0v) is 10.0. The number of hydrogen-bond donors (Lipinski definition) is 1. The highest BCUT2D eigenvalue weighted by Gasteiger charge is 2.18. The molecule has 0 spiro atoms. The Kier molecular flexibility index (Phi) is 3.08. The molecule has 1 atom stereocenters. The average molecular weight is 236 g/mol. The SMILES string of the molecule is Cc1cc(C)c(C(O)c2cccs2)c(F)c1. The van der Waals surface area contributed by atoms with Gasteiger partial charge in [-0.05, 0) is 42.5 Å². The van der Waals surface area contributed by atoms with Gasteiger partial charge in [-0.2, -0.15) is 0 Å². The van der Waals surface area contributed by atoms with Crippen LogP contribution in [0, 0.1) is 19.7 Å². The molecule has 2 rings (SSSR count). The summed E-state index contributed by atoms with van der Waals surface area (Å²) < 4.78 is 13.8. The third kappa shape index (κ3) is 2.01. The van der Waals surface area contributed by atoms with Crippen LogP contribution in [0.4, 0.5) is 4.39 Å². The van der Waals surface area contributed by atoms with Crippen molar-refractivity contribution in [1.82, 2.24) is 0 Å². The molecule has 1 N–H and O–H groups in total. The monoisotopic (exact) mass is 236 g/mol. The first kappa shape index (κ1) is 11.3. The summed E-state index contributed by atoms with van der Waals surface area (Å²) in [5.74, 6) is -0.335. The molecule has 0 amide bonds. The predicted molar refractivity (Wildman–Crippen MR) is 64.3 cm³/mol. The average Bonchev–Trinajstić information content (AvgIpc) is 2.67. The van der Waals surface area contributed by atoms with Crippen molar-refractivity contribution in [2.75, 3.05) is 0 Å². The van der Waals surface area contributed by atoms with Crippen molar-refractivity contribution >= 4 is 11.3 Å². The number of benzene rings is 1. The Bertz CT molecular complexity index is 468. The maximum absolute atomic E-state index is 13.8. The molecule has 84 valence electrons. The van der Waals surface area contributed by atoms with Crippen LogP contribution < -0.4 is 0 Å². The number of hydrogen-bond acceptors (Lipinski definition) is 2. The largest absolute Gasteiger partial charge is 0.383 e. The Labute approximate surface area is 98.2 Å². The normalized spacial score (nSPS) is 12.8. The number of aryl methyl sites for hydroxylation is 2. The molecule has 0 aliphatic heterocycles. The summed E-state index contributed by atoms with van der Waals surface area (Å²) in [6.07, 6.45) is -0.861. The van der Waals surface area contributed by atoms with Crippen LogP contribution in [-0.4, -0.2) is 5.11 Å². The van der Waals surface area contributed by atoms with E-state index in [1.165, 1.54) is 17.4 Å². The fourth-order valence-electron chi connectivity index (χ4n) is 1.86. The first-order valence-electron chi connectivity index (χ1n) is 5.07. The Morgan fingerprint density at radius 2 is 2.06 bits per heavy atom. The molecule has 1 aromatic carbocycles. The lowest BCUT2D eigenvalue weighted by molar-refractivity contribution is 0.218. The fourth-order valence-corrected chi connectivity index (χ4v) is 2.58. The standard InChI is InChI=1S/C13H13FOS/c1-8-6-9(2)12(10(14)7-8)13(15)11-4-3-5-16-11/h3-7,13,15H,1-2H3. The maximum Gasteiger partial charge on any atom is 0.129 e. The molecule has 0 radical (unpaired) electrons. The number of aliphatic hydroxyl groups is 1. The first-order chi connectivity index (χ1) is 7.59. The van der Waals surface area contributed by atoms with Gasteiger partial charge in [-0.25, -0.2) is 4.39 Å². The van der Waals surface area contributed by atoms with E-state index >= 15 is 0 Å². The summed E-state index contributed by atoms with van der Waals surface area (Å²) in [4.78, 5) is 0.769. The zero-order chi connectivity index (χ0) is 11.7. The van der Waals surface area contributed by atoms with E-state index in [1.807, 2.05) is 37.4 Å². The molecular weight excluding hydrogens is 223 g/mol. The summed E-state index contributed by atoms with van der Waals surface area (Å²) in [5, 5.41) is 12.0. The Morgan fingerprint density at radius 1 is 1.31 bits per heavy atom. The van der Waals surface area contributed by atoms with E-state index in [-0.39, 0.29) is 5.82 Å². The van der Waals surface area contributed by atoms with Gasteiger partial charge in [-0.1, -0.05) is 12.1 Å². The quantitative estimate of drug-likeness (QED) is 0.845. The van der Waals surface area contributed by atoms with Crippen LogP contribution in [0.1, 0.15) is 27.7 Å². The Balaban J connectivity index is 2.48. The molecule has 1 nitrogen and oxygen atoms in total. The van der Waals surface area contributed by atoms with Crippen LogP contribution in [0.3, 0.4) is 0 Å². The van der Waals surface area contributed by atoms with E-state index < -0.39 is 6.10 Å². The van der Waals surface area contributed by atoms with E-state index in [4.69, 9.17) is 0 Å². The van der Waals surface area contributed by atoms with E-state index in [0.29, 0.717) is 5.56 Å². The minimum atomic E-state index is -0.861. The van der Waals surface area contributed by atoms with Crippen molar-refractivity contribution in [1.29, 1.82) is 0 Å².